The second kappa shape index (κ2) is 5.08. The second-order valence-electron chi connectivity index (χ2n) is 3.51. The highest BCUT2D eigenvalue weighted by Crippen LogP contribution is 2.28. The van der Waals surface area contributed by atoms with E-state index < -0.39 is 0 Å². The predicted molar refractivity (Wildman–Crippen MR) is 76.4 cm³/mol. The van der Waals surface area contributed by atoms with Crippen LogP contribution in [0.5, 0.6) is 0 Å². The average Bonchev–Trinajstić information content (AvgIpc) is 2.69. The molecule has 0 amide bonds. The molecule has 5 heteroatoms. The minimum absolute atomic E-state index is 0.150. The lowest BCUT2D eigenvalue weighted by molar-refractivity contribution is 0.101. The van der Waals surface area contributed by atoms with Crippen LogP contribution in [0, 0.1) is 6.92 Å². The standard InChI is InChI=1S/C12H7Br3O2/c1-6-4-9(14)7(5-8(6)13)12(16)10-2-3-11(15)17-10/h2-5H,1H3. The summed E-state index contributed by atoms with van der Waals surface area (Å²) in [7, 11) is 0. The van der Waals surface area contributed by atoms with Crippen molar-refractivity contribution in [2.75, 3.05) is 0 Å². The molecule has 0 unspecified atom stereocenters. The number of furan rings is 1. The Labute approximate surface area is 124 Å². The van der Waals surface area contributed by atoms with Gasteiger partial charge >= 0.3 is 0 Å². The minimum atomic E-state index is -0.150. The average molecular weight is 423 g/mol. The molecule has 0 radical (unpaired) electrons. The Hall–Kier alpha value is -0.390. The van der Waals surface area contributed by atoms with Gasteiger partial charge in [-0.1, -0.05) is 31.9 Å². The number of carbonyl (C=O) groups excluding carboxylic acids is 1. The van der Waals surface area contributed by atoms with Crippen LogP contribution in [0.3, 0.4) is 0 Å². The Bertz CT molecular complexity index is 587. The van der Waals surface area contributed by atoms with E-state index in [0.717, 1.165) is 14.5 Å². The molecule has 2 nitrogen and oxygen atoms in total. The van der Waals surface area contributed by atoms with Gasteiger partial charge in [-0.15, -0.1) is 0 Å². The van der Waals surface area contributed by atoms with Crippen molar-refractivity contribution in [1.29, 1.82) is 0 Å². The number of rotatable bonds is 2. The van der Waals surface area contributed by atoms with Gasteiger partial charge in [0.2, 0.25) is 5.78 Å². The van der Waals surface area contributed by atoms with E-state index in [4.69, 9.17) is 4.42 Å². The summed E-state index contributed by atoms with van der Waals surface area (Å²) < 4.78 is 7.46. The first-order valence-corrected chi connectivity index (χ1v) is 7.12. The van der Waals surface area contributed by atoms with Gasteiger partial charge in [0.25, 0.3) is 0 Å². The van der Waals surface area contributed by atoms with Gasteiger partial charge in [-0.05, 0) is 52.7 Å². The van der Waals surface area contributed by atoms with Crippen molar-refractivity contribution in [1.82, 2.24) is 0 Å². The summed E-state index contributed by atoms with van der Waals surface area (Å²) >= 11 is 9.98. The molecule has 0 aliphatic carbocycles. The molecule has 88 valence electrons. The third kappa shape index (κ3) is 2.72. The van der Waals surface area contributed by atoms with Crippen LogP contribution >= 0.6 is 47.8 Å². The maximum Gasteiger partial charge on any atom is 0.229 e. The third-order valence-corrected chi connectivity index (χ3v) is 4.23. The number of benzene rings is 1. The van der Waals surface area contributed by atoms with Crippen molar-refractivity contribution in [3.05, 3.63) is 54.8 Å². The van der Waals surface area contributed by atoms with Gasteiger partial charge < -0.3 is 4.42 Å². The molecule has 0 saturated heterocycles. The van der Waals surface area contributed by atoms with Crippen molar-refractivity contribution < 1.29 is 9.21 Å². The normalized spacial score (nSPS) is 10.6. The zero-order valence-electron chi connectivity index (χ0n) is 8.76. The van der Waals surface area contributed by atoms with E-state index in [1.807, 2.05) is 13.0 Å². The van der Waals surface area contributed by atoms with E-state index >= 15 is 0 Å². The largest absolute Gasteiger partial charge is 0.446 e. The van der Waals surface area contributed by atoms with Crippen LogP contribution in [0.4, 0.5) is 0 Å². The summed E-state index contributed by atoms with van der Waals surface area (Å²) in [4.78, 5) is 12.2. The molecular formula is C12H7Br3O2. The topological polar surface area (TPSA) is 30.2 Å². The van der Waals surface area contributed by atoms with Gasteiger partial charge in [0, 0.05) is 14.5 Å². The molecule has 0 spiro atoms. The van der Waals surface area contributed by atoms with Crippen LogP contribution in [0.1, 0.15) is 21.7 Å². The first-order chi connectivity index (χ1) is 7.99. The third-order valence-electron chi connectivity index (χ3n) is 2.29. The fourth-order valence-electron chi connectivity index (χ4n) is 1.39. The summed E-state index contributed by atoms with van der Waals surface area (Å²) in [5, 5.41) is 0. The summed E-state index contributed by atoms with van der Waals surface area (Å²) in [6.07, 6.45) is 0. The van der Waals surface area contributed by atoms with Crippen molar-refractivity contribution in [3.8, 4) is 0 Å². The van der Waals surface area contributed by atoms with Crippen molar-refractivity contribution in [2.24, 2.45) is 0 Å². The van der Waals surface area contributed by atoms with Gasteiger partial charge in [-0.2, -0.15) is 0 Å². The maximum atomic E-state index is 12.2. The molecule has 1 aromatic carbocycles. The first kappa shape index (κ1) is 13.1. The van der Waals surface area contributed by atoms with Crippen LogP contribution in [-0.2, 0) is 0 Å². The lowest BCUT2D eigenvalue weighted by Crippen LogP contribution is -2.01. The molecule has 0 bridgehead atoms. The summed E-state index contributed by atoms with van der Waals surface area (Å²) in [6, 6.07) is 7.03. The molecular weight excluding hydrogens is 416 g/mol. The van der Waals surface area contributed by atoms with Crippen molar-refractivity contribution in [2.45, 2.75) is 6.92 Å². The highest BCUT2D eigenvalue weighted by molar-refractivity contribution is 9.11. The number of halogens is 3. The van der Waals surface area contributed by atoms with Crippen molar-refractivity contribution >= 4 is 53.6 Å². The van der Waals surface area contributed by atoms with Crippen LogP contribution in [0.2, 0.25) is 0 Å². The summed E-state index contributed by atoms with van der Waals surface area (Å²) in [5.74, 6) is 0.164. The Morgan fingerprint density at radius 1 is 1.12 bits per heavy atom. The zero-order chi connectivity index (χ0) is 12.6. The van der Waals surface area contributed by atoms with E-state index in [1.54, 1.807) is 18.2 Å². The molecule has 2 rings (SSSR count). The lowest BCUT2D eigenvalue weighted by Gasteiger charge is -2.05. The lowest BCUT2D eigenvalue weighted by atomic mass is 10.1. The quantitative estimate of drug-likeness (QED) is 0.630. The highest BCUT2D eigenvalue weighted by Gasteiger charge is 2.17. The summed E-state index contributed by atoms with van der Waals surface area (Å²) in [5.41, 5.74) is 1.64. The molecule has 17 heavy (non-hydrogen) atoms. The Kier molecular flexibility index (Phi) is 3.90. The highest BCUT2D eigenvalue weighted by atomic mass is 79.9. The van der Waals surface area contributed by atoms with E-state index in [9.17, 15) is 4.79 Å². The van der Waals surface area contributed by atoms with E-state index in [1.165, 1.54) is 0 Å². The zero-order valence-corrected chi connectivity index (χ0v) is 13.5. The number of hydrogen-bond donors (Lipinski definition) is 0. The van der Waals surface area contributed by atoms with Gasteiger partial charge in [0.1, 0.15) is 0 Å². The molecule has 0 fully saturated rings. The van der Waals surface area contributed by atoms with Gasteiger partial charge in [-0.25, -0.2) is 0 Å². The fraction of sp³-hybridized carbons (Fsp3) is 0.0833. The molecule has 1 aromatic heterocycles. The Balaban J connectivity index is 2.47. The minimum Gasteiger partial charge on any atom is -0.446 e. The van der Waals surface area contributed by atoms with Gasteiger partial charge in [0.15, 0.2) is 10.4 Å². The number of aryl methyl sites for hydroxylation is 1. The number of carbonyl (C=O) groups is 1. The Morgan fingerprint density at radius 2 is 1.82 bits per heavy atom. The van der Waals surface area contributed by atoms with Gasteiger partial charge in [-0.3, -0.25) is 4.79 Å². The van der Waals surface area contributed by atoms with Crippen LogP contribution in [0.15, 0.2) is 42.3 Å². The summed E-state index contributed by atoms with van der Waals surface area (Å²) in [6.45, 7) is 1.96. The van der Waals surface area contributed by atoms with Crippen LogP contribution in [-0.4, -0.2) is 5.78 Å². The monoisotopic (exact) mass is 420 g/mol. The number of ketones is 1. The van der Waals surface area contributed by atoms with Gasteiger partial charge in [0.05, 0.1) is 0 Å². The molecule has 1 heterocycles. The van der Waals surface area contributed by atoms with Crippen LogP contribution < -0.4 is 0 Å². The predicted octanol–water partition coefficient (Wildman–Crippen LogP) is 5.11. The van der Waals surface area contributed by atoms with E-state index in [-0.39, 0.29) is 5.78 Å². The Morgan fingerprint density at radius 3 is 2.41 bits per heavy atom. The maximum absolute atomic E-state index is 12.2. The van der Waals surface area contributed by atoms with Crippen LogP contribution in [0.25, 0.3) is 0 Å². The molecule has 0 aliphatic heterocycles. The smallest absolute Gasteiger partial charge is 0.229 e. The molecule has 2 aromatic rings. The molecule has 0 saturated carbocycles. The second-order valence-corrected chi connectivity index (χ2v) is 6.00. The van der Waals surface area contributed by atoms with Crippen molar-refractivity contribution in [3.63, 3.8) is 0 Å². The molecule has 0 aliphatic rings. The fourth-order valence-corrected chi connectivity index (χ4v) is 2.68. The molecule has 0 atom stereocenters. The van der Waals surface area contributed by atoms with E-state index in [2.05, 4.69) is 47.8 Å². The number of hydrogen-bond acceptors (Lipinski definition) is 2. The van der Waals surface area contributed by atoms with E-state index in [0.29, 0.717) is 16.0 Å². The molecule has 0 N–H and O–H groups in total. The first-order valence-electron chi connectivity index (χ1n) is 4.74. The SMILES string of the molecule is Cc1cc(Br)c(C(=O)c2ccc(Br)o2)cc1Br.